The van der Waals surface area contributed by atoms with Gasteiger partial charge in [-0.1, -0.05) is 13.5 Å². The number of piperazine rings is 1. The Morgan fingerprint density at radius 3 is 2.62 bits per heavy atom. The van der Waals surface area contributed by atoms with Gasteiger partial charge in [0.1, 0.15) is 6.04 Å². The van der Waals surface area contributed by atoms with Gasteiger partial charge in [0.2, 0.25) is 5.91 Å². The van der Waals surface area contributed by atoms with Crippen molar-refractivity contribution in [1.82, 2.24) is 9.80 Å². The number of nitriles is 2. The van der Waals surface area contributed by atoms with Crippen molar-refractivity contribution in [2.45, 2.75) is 43.9 Å². The maximum absolute atomic E-state index is 13.0. The zero-order chi connectivity index (χ0) is 20.7. The minimum Gasteiger partial charge on any atom is -0.358 e. The maximum Gasteiger partial charge on any atom is 0.244 e. The first-order valence-electron chi connectivity index (χ1n) is 10.1. The number of benzene rings is 1. The van der Waals surface area contributed by atoms with Crippen LogP contribution in [0.5, 0.6) is 0 Å². The highest BCUT2D eigenvalue weighted by atomic mass is 16.2. The van der Waals surface area contributed by atoms with Gasteiger partial charge in [-0.25, -0.2) is 0 Å². The average molecular weight is 390 g/mol. The zero-order valence-electron chi connectivity index (χ0n) is 16.7. The van der Waals surface area contributed by atoms with Crippen molar-refractivity contribution in [3.05, 3.63) is 42.1 Å². The van der Waals surface area contributed by atoms with Gasteiger partial charge < -0.3 is 15.5 Å². The van der Waals surface area contributed by atoms with E-state index in [4.69, 9.17) is 11.0 Å². The van der Waals surface area contributed by atoms with Crippen molar-refractivity contribution >= 4 is 11.6 Å². The highest BCUT2D eigenvalue weighted by molar-refractivity contribution is 6.01. The Bertz CT molecular complexity index is 897. The molecule has 4 rings (SSSR count). The molecule has 150 valence electrons. The molecule has 1 aromatic carbocycles. The molecule has 7 nitrogen and oxygen atoms in total. The molecule has 1 aromatic rings. The monoisotopic (exact) mass is 390 g/mol. The van der Waals surface area contributed by atoms with Gasteiger partial charge in [-0.2, -0.15) is 10.5 Å². The quantitative estimate of drug-likeness (QED) is 0.816. The Kier molecular flexibility index (Phi) is 5.04. The Morgan fingerprint density at radius 2 is 2.00 bits per heavy atom. The molecule has 29 heavy (non-hydrogen) atoms. The SMILES string of the molecule is C=C(C(N)CN1C[C@@H]2CC1C(=O)N2c1ccc(C#N)cc1)N1CC(C)CC1C#N. The van der Waals surface area contributed by atoms with Crippen LogP contribution in [-0.4, -0.2) is 59.5 Å². The number of carbonyl (C=O) groups excluding carboxylic acids is 1. The van der Waals surface area contributed by atoms with Crippen LogP contribution >= 0.6 is 0 Å². The third-order valence-corrected chi connectivity index (χ3v) is 6.43. The van der Waals surface area contributed by atoms with Crippen molar-refractivity contribution in [1.29, 1.82) is 10.5 Å². The molecular formula is C22H26N6O. The summed E-state index contributed by atoms with van der Waals surface area (Å²) in [5.74, 6) is 0.544. The number of rotatable bonds is 5. The van der Waals surface area contributed by atoms with Gasteiger partial charge >= 0.3 is 0 Å². The number of anilines is 1. The molecule has 0 aromatic heterocycles. The summed E-state index contributed by atoms with van der Waals surface area (Å²) < 4.78 is 0. The molecule has 0 spiro atoms. The summed E-state index contributed by atoms with van der Waals surface area (Å²) in [4.78, 5) is 19.0. The van der Waals surface area contributed by atoms with Gasteiger partial charge in [0.05, 0.1) is 35.8 Å². The van der Waals surface area contributed by atoms with Gasteiger partial charge in [0.25, 0.3) is 0 Å². The molecule has 2 N–H and O–H groups in total. The molecule has 3 aliphatic rings. The molecule has 0 radical (unpaired) electrons. The number of hydrogen-bond acceptors (Lipinski definition) is 6. The van der Waals surface area contributed by atoms with E-state index in [2.05, 4.69) is 30.5 Å². The number of nitrogens with zero attached hydrogens (tertiary/aromatic N) is 5. The first-order chi connectivity index (χ1) is 13.9. The van der Waals surface area contributed by atoms with Crippen molar-refractivity contribution < 1.29 is 4.79 Å². The summed E-state index contributed by atoms with van der Waals surface area (Å²) in [5, 5.41) is 18.4. The highest BCUT2D eigenvalue weighted by Crippen LogP contribution is 2.36. The molecule has 4 unspecified atom stereocenters. The van der Waals surface area contributed by atoms with E-state index in [9.17, 15) is 10.1 Å². The summed E-state index contributed by atoms with van der Waals surface area (Å²) in [6.07, 6.45) is 1.63. The van der Waals surface area contributed by atoms with Gasteiger partial charge in [-0.3, -0.25) is 9.69 Å². The third-order valence-electron chi connectivity index (χ3n) is 6.43. The number of carbonyl (C=O) groups is 1. The lowest BCUT2D eigenvalue weighted by Gasteiger charge is -2.36. The number of likely N-dealkylation sites (tertiary alicyclic amines) is 2. The van der Waals surface area contributed by atoms with E-state index >= 15 is 0 Å². The molecule has 1 amide bonds. The predicted octanol–water partition coefficient (Wildman–Crippen LogP) is 1.42. The Balaban J connectivity index is 1.40. The molecule has 2 bridgehead atoms. The molecule has 3 saturated heterocycles. The topological polar surface area (TPSA) is 100 Å². The Labute approximate surface area is 171 Å². The molecule has 0 saturated carbocycles. The van der Waals surface area contributed by atoms with Crippen LogP contribution < -0.4 is 10.6 Å². The number of nitrogens with two attached hydrogens (primary N) is 1. The molecule has 3 aliphatic heterocycles. The van der Waals surface area contributed by atoms with Crippen LogP contribution in [0.3, 0.4) is 0 Å². The number of hydrogen-bond donors (Lipinski definition) is 1. The van der Waals surface area contributed by atoms with Gasteiger partial charge in [-0.05, 0) is 43.0 Å². The van der Waals surface area contributed by atoms with Crippen LogP contribution in [-0.2, 0) is 4.79 Å². The average Bonchev–Trinajstić information content (AvgIpc) is 3.39. The lowest BCUT2D eigenvalue weighted by atomic mass is 10.1. The van der Waals surface area contributed by atoms with E-state index < -0.39 is 0 Å². The van der Waals surface area contributed by atoms with E-state index in [-0.39, 0.29) is 30.1 Å². The minimum atomic E-state index is -0.299. The van der Waals surface area contributed by atoms with Crippen LogP contribution in [0.15, 0.2) is 36.5 Å². The fourth-order valence-corrected chi connectivity index (χ4v) is 4.96. The fraction of sp³-hybridized carbons (Fsp3) is 0.500. The summed E-state index contributed by atoms with van der Waals surface area (Å²) >= 11 is 0. The van der Waals surface area contributed by atoms with Crippen LogP contribution in [0, 0.1) is 28.6 Å². The second-order valence-electron chi connectivity index (χ2n) is 8.46. The minimum absolute atomic E-state index is 0.0912. The molecule has 5 atom stereocenters. The van der Waals surface area contributed by atoms with Crippen molar-refractivity contribution in [2.24, 2.45) is 11.7 Å². The molecule has 0 aliphatic carbocycles. The van der Waals surface area contributed by atoms with Gasteiger partial charge in [0, 0.05) is 31.0 Å². The number of fused-ring (bicyclic) bond motifs is 2. The van der Waals surface area contributed by atoms with Crippen molar-refractivity contribution in [2.75, 3.05) is 24.5 Å². The van der Waals surface area contributed by atoms with Crippen molar-refractivity contribution in [3.63, 3.8) is 0 Å². The maximum atomic E-state index is 13.0. The smallest absolute Gasteiger partial charge is 0.244 e. The normalized spacial score (nSPS) is 29.7. The Hall–Kier alpha value is -2.87. The van der Waals surface area contributed by atoms with Gasteiger partial charge in [-0.15, -0.1) is 0 Å². The molecule has 3 heterocycles. The lowest BCUT2D eigenvalue weighted by molar-refractivity contribution is -0.122. The van der Waals surface area contributed by atoms with Crippen LogP contribution in [0.4, 0.5) is 5.69 Å². The van der Waals surface area contributed by atoms with E-state index in [1.54, 1.807) is 12.1 Å². The summed E-state index contributed by atoms with van der Waals surface area (Å²) in [5.41, 5.74) is 8.67. The Morgan fingerprint density at radius 1 is 1.28 bits per heavy atom. The predicted molar refractivity (Wildman–Crippen MR) is 109 cm³/mol. The van der Waals surface area contributed by atoms with E-state index in [0.29, 0.717) is 18.0 Å². The summed E-state index contributed by atoms with van der Waals surface area (Å²) in [6.45, 7) is 8.46. The standard InChI is InChI=1S/C22H26N6O/c1-14-7-18(10-24)27(11-14)15(2)20(25)13-26-12-19-8-21(26)22(29)28(19)17-5-3-16(9-23)4-6-17/h3-6,14,18-21H,2,7-8,11-13,25H2,1H3/t14?,18?,19-,20?,21?/m0/s1. The van der Waals surface area contributed by atoms with E-state index in [0.717, 1.165) is 37.3 Å². The molecule has 7 heteroatoms. The second kappa shape index (κ2) is 7.51. The number of amides is 1. The third kappa shape index (κ3) is 3.37. The van der Waals surface area contributed by atoms with Gasteiger partial charge in [0.15, 0.2) is 0 Å². The first-order valence-corrected chi connectivity index (χ1v) is 10.1. The fourth-order valence-electron chi connectivity index (χ4n) is 4.96. The summed E-state index contributed by atoms with van der Waals surface area (Å²) in [7, 11) is 0. The largest absolute Gasteiger partial charge is 0.358 e. The molecular weight excluding hydrogens is 364 g/mol. The summed E-state index contributed by atoms with van der Waals surface area (Å²) in [6, 6.07) is 11.1. The highest BCUT2D eigenvalue weighted by Gasteiger charge is 2.50. The van der Waals surface area contributed by atoms with Crippen LogP contribution in [0.1, 0.15) is 25.3 Å². The lowest BCUT2D eigenvalue weighted by Crippen LogP contribution is -2.54. The first kappa shape index (κ1) is 19.4. The van der Waals surface area contributed by atoms with Crippen LogP contribution in [0.25, 0.3) is 0 Å². The van der Waals surface area contributed by atoms with E-state index in [1.165, 1.54) is 0 Å². The second-order valence-corrected chi connectivity index (χ2v) is 8.46. The van der Waals surface area contributed by atoms with E-state index in [1.807, 2.05) is 21.9 Å². The van der Waals surface area contributed by atoms with Crippen molar-refractivity contribution in [3.8, 4) is 12.1 Å². The van der Waals surface area contributed by atoms with Crippen LogP contribution in [0.2, 0.25) is 0 Å². The zero-order valence-corrected chi connectivity index (χ0v) is 16.7. The molecule has 3 fully saturated rings.